The lowest BCUT2D eigenvalue weighted by Crippen LogP contribution is -2.19. The minimum Gasteiger partial charge on any atom is -0.328 e. The molecule has 0 aliphatic rings. The summed E-state index contributed by atoms with van der Waals surface area (Å²) in [5.41, 5.74) is 9.72. The highest BCUT2D eigenvalue weighted by Gasteiger charge is 2.11. The van der Waals surface area contributed by atoms with Crippen LogP contribution in [0.3, 0.4) is 0 Å². The Morgan fingerprint density at radius 3 is 2.67 bits per heavy atom. The highest BCUT2D eigenvalue weighted by Crippen LogP contribution is 2.20. The summed E-state index contributed by atoms with van der Waals surface area (Å²) in [6, 6.07) is 4.79. The summed E-state index contributed by atoms with van der Waals surface area (Å²) in [5, 5.41) is 0. The van der Waals surface area contributed by atoms with E-state index in [9.17, 15) is 4.39 Å². The summed E-state index contributed by atoms with van der Waals surface area (Å²) in [6.45, 7) is 5.88. The lowest BCUT2D eigenvalue weighted by Gasteiger charge is -2.14. The van der Waals surface area contributed by atoms with Crippen LogP contribution in [0.25, 0.3) is 5.69 Å². The molecule has 0 saturated heterocycles. The number of nitrogens with zero attached hydrogens (tertiary/aromatic N) is 2. The van der Waals surface area contributed by atoms with Crippen LogP contribution in [0.1, 0.15) is 23.9 Å². The Morgan fingerprint density at radius 1 is 1.39 bits per heavy atom. The summed E-state index contributed by atoms with van der Waals surface area (Å²) in [6.07, 6.45) is 2.41. The van der Waals surface area contributed by atoms with Crippen molar-refractivity contribution >= 4 is 0 Å². The van der Waals surface area contributed by atoms with Crippen LogP contribution in [0.15, 0.2) is 24.5 Å². The van der Waals surface area contributed by atoms with E-state index in [-0.39, 0.29) is 11.9 Å². The van der Waals surface area contributed by atoms with Gasteiger partial charge < -0.3 is 10.3 Å². The molecule has 1 heterocycles. The Labute approximate surface area is 106 Å². The molecule has 1 unspecified atom stereocenters. The maximum absolute atomic E-state index is 13.4. The molecule has 1 aromatic heterocycles. The normalized spacial score (nSPS) is 12.7. The van der Waals surface area contributed by atoms with Crippen molar-refractivity contribution < 1.29 is 4.39 Å². The van der Waals surface area contributed by atoms with E-state index in [1.807, 2.05) is 25.3 Å². The molecular formula is C14H18FN3. The topological polar surface area (TPSA) is 43.8 Å². The minimum absolute atomic E-state index is 0.00419. The van der Waals surface area contributed by atoms with Crippen LogP contribution in [0.2, 0.25) is 0 Å². The Morgan fingerprint density at radius 2 is 2.11 bits per heavy atom. The Balaban J connectivity index is 2.53. The second-order valence-electron chi connectivity index (χ2n) is 4.74. The number of rotatable bonds is 3. The number of halogens is 1. The first kappa shape index (κ1) is 12.8. The monoisotopic (exact) mass is 247 g/mol. The van der Waals surface area contributed by atoms with E-state index >= 15 is 0 Å². The van der Waals surface area contributed by atoms with Gasteiger partial charge in [0.1, 0.15) is 5.82 Å². The molecule has 18 heavy (non-hydrogen) atoms. The fraction of sp³-hybridized carbons (Fsp3) is 0.357. The molecule has 96 valence electrons. The molecule has 1 aromatic carbocycles. The smallest absolute Gasteiger partial charge is 0.123 e. The SMILES string of the molecule is Cc1ncn(-c2ccc(F)cc2CC(C)N)c1C. The van der Waals surface area contributed by atoms with E-state index in [4.69, 9.17) is 5.73 Å². The van der Waals surface area contributed by atoms with E-state index in [0.29, 0.717) is 6.42 Å². The number of nitrogens with two attached hydrogens (primary N) is 1. The highest BCUT2D eigenvalue weighted by atomic mass is 19.1. The van der Waals surface area contributed by atoms with Gasteiger partial charge in [0.15, 0.2) is 0 Å². The van der Waals surface area contributed by atoms with Crippen LogP contribution in [-0.2, 0) is 6.42 Å². The molecule has 4 heteroatoms. The van der Waals surface area contributed by atoms with Gasteiger partial charge in [0.2, 0.25) is 0 Å². The van der Waals surface area contributed by atoms with Crippen molar-refractivity contribution in [3.8, 4) is 5.69 Å². The summed E-state index contributed by atoms with van der Waals surface area (Å²) in [5.74, 6) is -0.233. The number of imidazole rings is 1. The second kappa shape index (κ2) is 4.90. The Kier molecular flexibility index (Phi) is 3.48. The van der Waals surface area contributed by atoms with Gasteiger partial charge in [0.05, 0.1) is 17.7 Å². The van der Waals surface area contributed by atoms with Crippen LogP contribution < -0.4 is 5.73 Å². The van der Waals surface area contributed by atoms with E-state index in [2.05, 4.69) is 4.98 Å². The molecule has 0 saturated carbocycles. The predicted octanol–water partition coefficient (Wildman–Crippen LogP) is 2.52. The molecule has 0 fully saturated rings. The number of benzene rings is 1. The summed E-state index contributed by atoms with van der Waals surface area (Å²) in [4.78, 5) is 4.27. The zero-order valence-electron chi connectivity index (χ0n) is 10.9. The molecule has 0 bridgehead atoms. The first-order valence-corrected chi connectivity index (χ1v) is 6.04. The maximum atomic E-state index is 13.4. The maximum Gasteiger partial charge on any atom is 0.123 e. The van der Waals surface area contributed by atoms with Crippen LogP contribution in [-0.4, -0.2) is 15.6 Å². The van der Waals surface area contributed by atoms with Gasteiger partial charge in [-0.1, -0.05) is 0 Å². The van der Waals surface area contributed by atoms with Gasteiger partial charge in [-0.05, 0) is 51.0 Å². The van der Waals surface area contributed by atoms with Gasteiger partial charge in [0.25, 0.3) is 0 Å². The molecular weight excluding hydrogens is 229 g/mol. The quantitative estimate of drug-likeness (QED) is 0.905. The van der Waals surface area contributed by atoms with Crippen LogP contribution in [0.5, 0.6) is 0 Å². The number of hydrogen-bond acceptors (Lipinski definition) is 2. The number of hydrogen-bond donors (Lipinski definition) is 1. The first-order valence-electron chi connectivity index (χ1n) is 6.04. The third-order valence-corrected chi connectivity index (χ3v) is 3.09. The van der Waals surface area contributed by atoms with Crippen molar-refractivity contribution in [1.82, 2.24) is 9.55 Å². The fourth-order valence-corrected chi connectivity index (χ4v) is 2.04. The molecule has 1 atom stereocenters. The third-order valence-electron chi connectivity index (χ3n) is 3.09. The van der Waals surface area contributed by atoms with Crippen LogP contribution >= 0.6 is 0 Å². The van der Waals surface area contributed by atoms with Crippen molar-refractivity contribution in [1.29, 1.82) is 0 Å². The van der Waals surface area contributed by atoms with Gasteiger partial charge in [-0.15, -0.1) is 0 Å². The van der Waals surface area contributed by atoms with E-state index in [1.54, 1.807) is 18.5 Å². The average Bonchev–Trinajstić information content (AvgIpc) is 2.60. The Hall–Kier alpha value is -1.68. The van der Waals surface area contributed by atoms with Crippen LogP contribution in [0, 0.1) is 19.7 Å². The zero-order chi connectivity index (χ0) is 13.3. The van der Waals surface area contributed by atoms with E-state index < -0.39 is 0 Å². The first-order chi connectivity index (χ1) is 8.49. The van der Waals surface area contributed by atoms with Gasteiger partial charge in [-0.25, -0.2) is 9.37 Å². The summed E-state index contributed by atoms with van der Waals surface area (Å²) < 4.78 is 15.3. The molecule has 0 spiro atoms. The third kappa shape index (κ3) is 2.43. The molecule has 0 radical (unpaired) electrons. The summed E-state index contributed by atoms with van der Waals surface area (Å²) >= 11 is 0. The lowest BCUT2D eigenvalue weighted by atomic mass is 10.0. The number of aromatic nitrogens is 2. The second-order valence-corrected chi connectivity index (χ2v) is 4.74. The highest BCUT2D eigenvalue weighted by molar-refractivity contribution is 5.43. The van der Waals surface area contributed by atoms with Crippen LogP contribution in [0.4, 0.5) is 4.39 Å². The van der Waals surface area contributed by atoms with Crippen molar-refractivity contribution in [2.75, 3.05) is 0 Å². The van der Waals surface area contributed by atoms with Crippen molar-refractivity contribution in [2.24, 2.45) is 5.73 Å². The molecule has 3 nitrogen and oxygen atoms in total. The van der Waals surface area contributed by atoms with E-state index in [1.165, 1.54) is 6.07 Å². The number of aryl methyl sites for hydroxylation is 1. The minimum atomic E-state index is -0.233. The molecule has 2 rings (SSSR count). The standard InChI is InChI=1S/C14H18FN3/c1-9(16)6-12-7-13(15)4-5-14(12)18-8-17-10(2)11(18)3/h4-5,7-9H,6,16H2,1-3H3. The summed E-state index contributed by atoms with van der Waals surface area (Å²) in [7, 11) is 0. The van der Waals surface area contributed by atoms with Crippen molar-refractivity contribution in [2.45, 2.75) is 33.2 Å². The van der Waals surface area contributed by atoms with Gasteiger partial charge in [0, 0.05) is 11.7 Å². The lowest BCUT2D eigenvalue weighted by molar-refractivity contribution is 0.621. The van der Waals surface area contributed by atoms with E-state index in [0.717, 1.165) is 22.6 Å². The fourth-order valence-electron chi connectivity index (χ4n) is 2.04. The van der Waals surface area contributed by atoms with Crippen molar-refractivity contribution in [3.05, 3.63) is 47.3 Å². The Bertz CT molecular complexity index is 558. The molecule has 0 amide bonds. The molecule has 2 N–H and O–H groups in total. The van der Waals surface area contributed by atoms with Gasteiger partial charge in [-0.3, -0.25) is 0 Å². The van der Waals surface area contributed by atoms with Gasteiger partial charge in [-0.2, -0.15) is 0 Å². The molecule has 2 aromatic rings. The molecule has 0 aliphatic heterocycles. The largest absolute Gasteiger partial charge is 0.328 e. The zero-order valence-corrected chi connectivity index (χ0v) is 10.9. The molecule has 0 aliphatic carbocycles. The average molecular weight is 247 g/mol. The van der Waals surface area contributed by atoms with Crippen molar-refractivity contribution in [3.63, 3.8) is 0 Å². The van der Waals surface area contributed by atoms with Gasteiger partial charge >= 0.3 is 0 Å². The predicted molar refractivity (Wildman–Crippen MR) is 70.3 cm³/mol.